The highest BCUT2D eigenvalue weighted by molar-refractivity contribution is 6.15. The van der Waals surface area contributed by atoms with E-state index in [2.05, 4.69) is 47.2 Å². The van der Waals surface area contributed by atoms with Crippen molar-refractivity contribution in [2.24, 2.45) is 10.9 Å². The number of fused-ring (bicyclic) bond motifs is 3. The molecule has 8 heteroatoms. The molecule has 5 rings (SSSR count). The molecule has 1 heterocycles. The molecule has 0 unspecified atom stereocenters. The van der Waals surface area contributed by atoms with Gasteiger partial charge >= 0.3 is 0 Å². The number of ether oxygens (including phenoxy) is 2. The zero-order chi connectivity index (χ0) is 26.5. The molecule has 0 atom stereocenters. The van der Waals surface area contributed by atoms with Crippen molar-refractivity contribution >= 4 is 11.5 Å². The zero-order valence-corrected chi connectivity index (χ0v) is 22.2. The average molecular weight is 516 g/mol. The molecule has 4 N–H and O–H groups in total. The highest BCUT2D eigenvalue weighted by Gasteiger charge is 2.41. The van der Waals surface area contributed by atoms with Crippen LogP contribution >= 0.6 is 0 Å². The lowest BCUT2D eigenvalue weighted by molar-refractivity contribution is 0.0781. The summed E-state index contributed by atoms with van der Waals surface area (Å²) in [5, 5.41) is 4.65. The summed E-state index contributed by atoms with van der Waals surface area (Å²) >= 11 is 0. The first-order valence-corrected chi connectivity index (χ1v) is 13.4. The fraction of sp³-hybridized carbons (Fsp3) is 0.433. The summed E-state index contributed by atoms with van der Waals surface area (Å²) in [7, 11) is 0. The minimum Gasteiger partial charge on any atom is -0.490 e. The number of hydrogen-bond donors (Lipinski definition) is 2. The van der Waals surface area contributed by atoms with Crippen LogP contribution in [0.25, 0.3) is 11.3 Å². The molecule has 0 amide bonds. The fourth-order valence-corrected chi connectivity index (χ4v) is 5.34. The van der Waals surface area contributed by atoms with Crippen molar-refractivity contribution in [1.29, 1.82) is 0 Å². The number of aromatic nitrogens is 2. The molecule has 1 aromatic heterocycles. The Morgan fingerprint density at radius 2 is 1.76 bits per heavy atom. The molecule has 2 aliphatic carbocycles. The lowest BCUT2D eigenvalue weighted by atomic mass is 9.70. The molecule has 0 spiro atoms. The average Bonchev–Trinajstić information content (AvgIpc) is 2.91. The molecule has 0 aliphatic heterocycles. The minimum atomic E-state index is -0.562. The molecule has 38 heavy (non-hydrogen) atoms. The summed E-state index contributed by atoms with van der Waals surface area (Å²) in [6.07, 6.45) is 6.31. The monoisotopic (exact) mass is 515 g/mol. The molecule has 1 fully saturated rings. The third-order valence-corrected chi connectivity index (χ3v) is 7.41. The largest absolute Gasteiger partial charge is 0.490 e. The van der Waals surface area contributed by atoms with E-state index in [9.17, 15) is 0 Å². The number of nitrogens with two attached hydrogens (primary N) is 2. The number of hydrogen-bond acceptors (Lipinski definition) is 8. The van der Waals surface area contributed by atoms with E-state index in [1.807, 2.05) is 30.3 Å². The van der Waals surface area contributed by atoms with Gasteiger partial charge in [-0.15, -0.1) is 0 Å². The minimum absolute atomic E-state index is 0.169. The number of rotatable bonds is 9. The van der Waals surface area contributed by atoms with Crippen molar-refractivity contribution in [3.8, 4) is 17.0 Å². The summed E-state index contributed by atoms with van der Waals surface area (Å²) < 4.78 is 12.2. The van der Waals surface area contributed by atoms with Gasteiger partial charge in [-0.25, -0.2) is 9.97 Å². The predicted octanol–water partition coefficient (Wildman–Crippen LogP) is 4.99. The number of oxime groups is 1. The van der Waals surface area contributed by atoms with E-state index < -0.39 is 5.41 Å². The number of nitrogen functional groups attached to an aromatic ring is 1. The van der Waals surface area contributed by atoms with Gasteiger partial charge in [0.25, 0.3) is 0 Å². The quantitative estimate of drug-likeness (QED) is 0.304. The second-order valence-electron chi connectivity index (χ2n) is 10.6. The maximum atomic E-state index is 6.38. The van der Waals surface area contributed by atoms with Crippen molar-refractivity contribution in [2.75, 3.05) is 18.9 Å². The normalized spacial score (nSPS) is 21.0. The SMILES string of the molecule is CC1(C)/C(=N/OCCCOCc2ccccc2)c2cc(OC3CCC(N)CC3)ccc2-c2ncnc(N)c21. The van der Waals surface area contributed by atoms with Crippen LogP contribution in [0.5, 0.6) is 5.75 Å². The number of nitrogens with zero attached hydrogens (tertiary/aromatic N) is 3. The lowest BCUT2D eigenvalue weighted by Crippen LogP contribution is -2.36. The number of benzene rings is 2. The van der Waals surface area contributed by atoms with Gasteiger partial charge in [0, 0.05) is 34.6 Å². The lowest BCUT2D eigenvalue weighted by Gasteiger charge is -2.35. The van der Waals surface area contributed by atoms with E-state index in [0.717, 1.165) is 71.5 Å². The Kier molecular flexibility index (Phi) is 7.90. The van der Waals surface area contributed by atoms with Crippen molar-refractivity contribution in [3.05, 3.63) is 71.5 Å². The molecule has 0 radical (unpaired) electrons. The molecular weight excluding hydrogens is 478 g/mol. The first-order chi connectivity index (χ1) is 18.4. The second kappa shape index (κ2) is 11.5. The Bertz CT molecular complexity index is 1270. The Morgan fingerprint density at radius 3 is 2.55 bits per heavy atom. The van der Waals surface area contributed by atoms with Crippen molar-refractivity contribution < 1.29 is 14.3 Å². The van der Waals surface area contributed by atoms with Gasteiger partial charge in [0.2, 0.25) is 0 Å². The standard InChI is InChI=1S/C30H37N5O3/c1-30(2)26-27(33-19-34-29(26)32)24-14-13-23(38-22-11-9-21(31)10-12-22)17-25(24)28(30)35-37-16-6-15-36-18-20-7-4-3-5-8-20/h3-5,7-8,13-14,17,19,21-22H,6,9-12,15-16,18,31H2,1-2H3,(H2,32,33,34)/b35-28+. The van der Waals surface area contributed by atoms with Gasteiger partial charge in [-0.1, -0.05) is 35.5 Å². The van der Waals surface area contributed by atoms with Crippen LogP contribution in [0.1, 0.15) is 62.6 Å². The van der Waals surface area contributed by atoms with E-state index in [0.29, 0.717) is 25.6 Å². The van der Waals surface area contributed by atoms with Gasteiger partial charge < -0.3 is 25.8 Å². The van der Waals surface area contributed by atoms with Gasteiger partial charge in [0.15, 0.2) is 0 Å². The first kappa shape index (κ1) is 26.1. The van der Waals surface area contributed by atoms with Gasteiger partial charge in [0.05, 0.1) is 30.7 Å². The summed E-state index contributed by atoms with van der Waals surface area (Å²) in [4.78, 5) is 14.7. The van der Waals surface area contributed by atoms with E-state index in [4.69, 9.17) is 25.8 Å². The van der Waals surface area contributed by atoms with Gasteiger partial charge in [0.1, 0.15) is 24.5 Å². The van der Waals surface area contributed by atoms with Crippen LogP contribution in [-0.4, -0.2) is 41.0 Å². The van der Waals surface area contributed by atoms with Crippen LogP contribution < -0.4 is 16.2 Å². The third-order valence-electron chi connectivity index (χ3n) is 7.41. The number of anilines is 1. The Hall–Kier alpha value is -3.49. The molecular formula is C30H37N5O3. The predicted molar refractivity (Wildman–Crippen MR) is 149 cm³/mol. The summed E-state index contributed by atoms with van der Waals surface area (Å²) in [6, 6.07) is 16.5. The molecule has 0 bridgehead atoms. The van der Waals surface area contributed by atoms with E-state index in [1.54, 1.807) is 0 Å². The molecule has 2 aliphatic rings. The Balaban J connectivity index is 1.33. The van der Waals surface area contributed by atoms with E-state index in [-0.39, 0.29) is 12.1 Å². The van der Waals surface area contributed by atoms with Crippen LogP contribution in [0.3, 0.4) is 0 Å². The van der Waals surface area contributed by atoms with Crippen LogP contribution in [0.15, 0.2) is 60.0 Å². The smallest absolute Gasteiger partial charge is 0.131 e. The van der Waals surface area contributed by atoms with Crippen LogP contribution in [-0.2, 0) is 21.6 Å². The Morgan fingerprint density at radius 1 is 0.974 bits per heavy atom. The van der Waals surface area contributed by atoms with Crippen LogP contribution in [0.2, 0.25) is 0 Å². The molecule has 1 saturated carbocycles. The van der Waals surface area contributed by atoms with Gasteiger partial charge in [-0.05, 0) is 63.3 Å². The summed E-state index contributed by atoms with van der Waals surface area (Å²) in [5.41, 5.74) is 17.4. The summed E-state index contributed by atoms with van der Waals surface area (Å²) in [6.45, 7) is 5.77. The molecule has 2 aromatic carbocycles. The van der Waals surface area contributed by atoms with E-state index >= 15 is 0 Å². The fourth-order valence-electron chi connectivity index (χ4n) is 5.34. The second-order valence-corrected chi connectivity index (χ2v) is 10.6. The van der Waals surface area contributed by atoms with Gasteiger partial charge in [-0.3, -0.25) is 0 Å². The van der Waals surface area contributed by atoms with E-state index in [1.165, 1.54) is 6.33 Å². The molecule has 3 aromatic rings. The van der Waals surface area contributed by atoms with Crippen molar-refractivity contribution in [3.63, 3.8) is 0 Å². The maximum Gasteiger partial charge on any atom is 0.131 e. The first-order valence-electron chi connectivity index (χ1n) is 13.4. The maximum absolute atomic E-state index is 6.38. The highest BCUT2D eigenvalue weighted by atomic mass is 16.6. The Labute approximate surface area is 224 Å². The third kappa shape index (κ3) is 5.66. The molecule has 0 saturated heterocycles. The molecule has 8 nitrogen and oxygen atoms in total. The topological polar surface area (TPSA) is 118 Å². The van der Waals surface area contributed by atoms with Gasteiger partial charge in [-0.2, -0.15) is 0 Å². The van der Waals surface area contributed by atoms with Crippen LogP contribution in [0, 0.1) is 0 Å². The summed E-state index contributed by atoms with van der Waals surface area (Å²) in [5.74, 6) is 1.26. The van der Waals surface area contributed by atoms with Crippen molar-refractivity contribution in [1.82, 2.24) is 9.97 Å². The van der Waals surface area contributed by atoms with Crippen LogP contribution in [0.4, 0.5) is 5.82 Å². The highest BCUT2D eigenvalue weighted by Crippen LogP contribution is 2.45. The van der Waals surface area contributed by atoms with Crippen molar-refractivity contribution in [2.45, 2.75) is 70.1 Å². The zero-order valence-electron chi connectivity index (χ0n) is 22.2. The molecule has 200 valence electrons.